The molecule has 1 aromatic heterocycles. The molecule has 2 nitrogen and oxygen atoms in total. The summed E-state index contributed by atoms with van der Waals surface area (Å²) in [6.07, 6.45) is 12.7. The van der Waals surface area contributed by atoms with Crippen LogP contribution in [0.1, 0.15) is 58.1 Å². The molecule has 0 aliphatic rings. The van der Waals surface area contributed by atoms with E-state index in [-0.39, 0.29) is 0 Å². The zero-order valence-electron chi connectivity index (χ0n) is 14.3. The predicted octanol–water partition coefficient (Wildman–Crippen LogP) is 4.94. The highest BCUT2D eigenvalue weighted by Gasteiger charge is 2.29. The normalized spacial score (nSPS) is 14.2. The van der Waals surface area contributed by atoms with Gasteiger partial charge in [-0.2, -0.15) is 0 Å². The van der Waals surface area contributed by atoms with Gasteiger partial charge in [0.2, 0.25) is 6.33 Å². The van der Waals surface area contributed by atoms with Crippen molar-refractivity contribution < 1.29 is 4.57 Å². The molecule has 120 valence electrons. The molecule has 2 unspecified atom stereocenters. The molecule has 0 fully saturated rings. The maximum atomic E-state index is 3.22. The zero-order chi connectivity index (χ0) is 15.8. The third-order valence-electron chi connectivity index (χ3n) is 4.72. The van der Waals surface area contributed by atoms with Crippen LogP contribution in [-0.2, 0) is 6.42 Å². The average Bonchev–Trinajstić information content (AvgIpc) is 3.05. The lowest BCUT2D eigenvalue weighted by Crippen LogP contribution is -2.44. The van der Waals surface area contributed by atoms with E-state index in [4.69, 9.17) is 0 Å². The van der Waals surface area contributed by atoms with Gasteiger partial charge >= 0.3 is 0 Å². The first-order valence-electron chi connectivity index (χ1n) is 8.79. The van der Waals surface area contributed by atoms with Crippen molar-refractivity contribution in [1.82, 2.24) is 4.98 Å². The Bertz CT molecular complexity index is 502. The van der Waals surface area contributed by atoms with Crippen LogP contribution >= 0.6 is 0 Å². The molecule has 2 heteroatoms. The first-order valence-corrected chi connectivity index (χ1v) is 8.79. The highest BCUT2D eigenvalue weighted by Crippen LogP contribution is 2.29. The quantitative estimate of drug-likeness (QED) is 0.500. The number of hydrogen-bond donors (Lipinski definition) is 1. The molecule has 0 bridgehead atoms. The second-order valence-electron chi connectivity index (χ2n) is 6.72. The summed E-state index contributed by atoms with van der Waals surface area (Å²) in [4.78, 5) is 3.22. The Kier molecular flexibility index (Phi) is 6.70. The number of nitrogens with one attached hydrogen (secondary N) is 1. The molecule has 1 aromatic carbocycles. The minimum Gasteiger partial charge on any atom is -0.250 e. The Hall–Kier alpha value is -1.57. The molecule has 0 aliphatic carbocycles. The van der Waals surface area contributed by atoms with E-state index in [0.29, 0.717) is 17.9 Å². The van der Waals surface area contributed by atoms with E-state index in [1.54, 1.807) is 0 Å². The first-order chi connectivity index (χ1) is 10.7. The average molecular weight is 299 g/mol. The number of aromatic amines is 1. The summed E-state index contributed by atoms with van der Waals surface area (Å²) >= 11 is 0. The Balaban J connectivity index is 2.16. The summed E-state index contributed by atoms with van der Waals surface area (Å²) in [6.45, 7) is 7.02. The van der Waals surface area contributed by atoms with E-state index in [9.17, 15) is 0 Å². The van der Waals surface area contributed by atoms with Crippen molar-refractivity contribution >= 4 is 0 Å². The number of H-pyrrole nitrogens is 1. The van der Waals surface area contributed by atoms with Crippen LogP contribution in [0.25, 0.3) is 0 Å². The van der Waals surface area contributed by atoms with Gasteiger partial charge in [0.25, 0.3) is 0 Å². The SMILES string of the molecule is CCCCCC(C(Cc1ccccc1)C(C)C)[n+]1cc[nH]c1. The fraction of sp³-hybridized carbons (Fsp3) is 0.550. The lowest BCUT2D eigenvalue weighted by Gasteiger charge is -2.28. The van der Waals surface area contributed by atoms with Crippen molar-refractivity contribution in [2.24, 2.45) is 11.8 Å². The zero-order valence-corrected chi connectivity index (χ0v) is 14.3. The van der Waals surface area contributed by atoms with Crippen molar-refractivity contribution in [3.8, 4) is 0 Å². The molecule has 2 rings (SSSR count). The molecule has 1 heterocycles. The predicted molar refractivity (Wildman–Crippen MR) is 92.6 cm³/mol. The third-order valence-corrected chi connectivity index (χ3v) is 4.72. The van der Waals surface area contributed by atoms with Gasteiger partial charge in [-0.25, -0.2) is 4.57 Å². The molecule has 0 saturated carbocycles. The van der Waals surface area contributed by atoms with E-state index in [2.05, 4.69) is 73.2 Å². The highest BCUT2D eigenvalue weighted by atomic mass is 15.1. The minimum atomic E-state index is 0.581. The van der Waals surface area contributed by atoms with Gasteiger partial charge in [0.1, 0.15) is 18.4 Å². The van der Waals surface area contributed by atoms with Crippen molar-refractivity contribution in [3.05, 3.63) is 54.6 Å². The Morgan fingerprint density at radius 3 is 2.45 bits per heavy atom. The number of aromatic nitrogens is 2. The van der Waals surface area contributed by atoms with Crippen LogP contribution in [0.4, 0.5) is 0 Å². The largest absolute Gasteiger partial charge is 0.250 e. The molecule has 0 radical (unpaired) electrons. The van der Waals surface area contributed by atoms with E-state index in [1.165, 1.54) is 31.2 Å². The van der Waals surface area contributed by atoms with Gasteiger partial charge in [0.15, 0.2) is 0 Å². The topological polar surface area (TPSA) is 19.7 Å². The maximum absolute atomic E-state index is 3.22. The Labute approximate surface area is 135 Å². The maximum Gasteiger partial charge on any atom is 0.241 e. The van der Waals surface area contributed by atoms with E-state index in [0.717, 1.165) is 6.42 Å². The molecule has 22 heavy (non-hydrogen) atoms. The van der Waals surface area contributed by atoms with Crippen molar-refractivity contribution in [2.45, 2.75) is 58.9 Å². The second kappa shape index (κ2) is 8.77. The number of rotatable bonds is 9. The Morgan fingerprint density at radius 2 is 1.86 bits per heavy atom. The summed E-state index contributed by atoms with van der Waals surface area (Å²) in [7, 11) is 0. The van der Waals surface area contributed by atoms with Crippen LogP contribution in [0, 0.1) is 11.8 Å². The van der Waals surface area contributed by atoms with Crippen LogP contribution in [0.2, 0.25) is 0 Å². The fourth-order valence-electron chi connectivity index (χ4n) is 3.40. The fourth-order valence-corrected chi connectivity index (χ4v) is 3.40. The molecular weight excluding hydrogens is 268 g/mol. The molecule has 1 N–H and O–H groups in total. The van der Waals surface area contributed by atoms with Crippen LogP contribution in [-0.4, -0.2) is 4.98 Å². The summed E-state index contributed by atoms with van der Waals surface area (Å²) in [6, 6.07) is 11.5. The van der Waals surface area contributed by atoms with E-state index in [1.807, 2.05) is 6.20 Å². The second-order valence-corrected chi connectivity index (χ2v) is 6.72. The molecule has 2 atom stereocenters. The molecule has 0 saturated heterocycles. The van der Waals surface area contributed by atoms with Gasteiger partial charge in [0.05, 0.1) is 0 Å². The molecule has 0 amide bonds. The number of nitrogens with zero attached hydrogens (tertiary/aromatic N) is 1. The van der Waals surface area contributed by atoms with Gasteiger partial charge in [-0.1, -0.05) is 63.9 Å². The third kappa shape index (κ3) is 4.72. The van der Waals surface area contributed by atoms with E-state index < -0.39 is 0 Å². The molecular formula is C20H31N2+. The number of hydrogen-bond acceptors (Lipinski definition) is 0. The molecule has 0 aliphatic heterocycles. The lowest BCUT2D eigenvalue weighted by molar-refractivity contribution is -0.731. The van der Waals surface area contributed by atoms with Crippen LogP contribution in [0.15, 0.2) is 49.1 Å². The van der Waals surface area contributed by atoms with Crippen molar-refractivity contribution in [3.63, 3.8) is 0 Å². The summed E-state index contributed by atoms with van der Waals surface area (Å²) < 4.78 is 2.39. The smallest absolute Gasteiger partial charge is 0.241 e. The van der Waals surface area contributed by atoms with Crippen LogP contribution in [0.3, 0.4) is 0 Å². The summed E-state index contributed by atoms with van der Waals surface area (Å²) in [5, 5.41) is 0. The minimum absolute atomic E-state index is 0.581. The van der Waals surface area contributed by atoms with Gasteiger partial charge in [-0.05, 0) is 30.7 Å². The van der Waals surface area contributed by atoms with Gasteiger partial charge in [-0.15, -0.1) is 0 Å². The molecule has 0 spiro atoms. The summed E-state index contributed by atoms with van der Waals surface area (Å²) in [5.41, 5.74) is 1.46. The standard InChI is InChI=1S/C20H30N2/c1-4-5-7-12-20(22-14-13-21-16-22)19(17(2)3)15-18-10-8-6-9-11-18/h6,8-11,13-14,16-17,19-20H,4-5,7,12,15H2,1-3H3/p+1. The van der Waals surface area contributed by atoms with Crippen molar-refractivity contribution in [2.75, 3.05) is 0 Å². The summed E-state index contributed by atoms with van der Waals surface area (Å²) in [5.74, 6) is 1.34. The van der Waals surface area contributed by atoms with Crippen molar-refractivity contribution in [1.29, 1.82) is 0 Å². The van der Waals surface area contributed by atoms with Gasteiger partial charge in [-0.3, -0.25) is 4.98 Å². The van der Waals surface area contributed by atoms with E-state index >= 15 is 0 Å². The van der Waals surface area contributed by atoms with Gasteiger partial charge in [0, 0.05) is 5.92 Å². The molecule has 2 aromatic rings. The highest BCUT2D eigenvalue weighted by molar-refractivity contribution is 5.15. The number of imidazole rings is 1. The first kappa shape index (κ1) is 16.8. The van der Waals surface area contributed by atoms with Gasteiger partial charge < -0.3 is 0 Å². The Morgan fingerprint density at radius 1 is 1.09 bits per heavy atom. The van der Waals surface area contributed by atoms with Crippen LogP contribution in [0.5, 0.6) is 0 Å². The number of benzene rings is 1. The lowest BCUT2D eigenvalue weighted by atomic mass is 9.81. The number of unbranched alkanes of at least 4 members (excludes halogenated alkanes) is 2. The van der Waals surface area contributed by atoms with Crippen LogP contribution < -0.4 is 4.57 Å². The monoisotopic (exact) mass is 299 g/mol.